The molecule has 0 spiro atoms. The number of aromatic nitrogens is 2. The molecule has 2 rings (SSSR count). The molecule has 0 aliphatic carbocycles. The van der Waals surface area contributed by atoms with Gasteiger partial charge < -0.3 is 0 Å². The molecule has 2 aromatic rings. The molecule has 0 atom stereocenters. The molecule has 1 aromatic carbocycles. The van der Waals surface area contributed by atoms with E-state index in [1.54, 1.807) is 11.8 Å². The van der Waals surface area contributed by atoms with Crippen molar-refractivity contribution in [1.82, 2.24) is 9.97 Å². The standard InChI is InChI=1S/C11H11ClN2S/c1-3-7-9(15-2)5-4-8-10(7)11(12)14-6-13-8/h4-6H,3H2,1-2H3. The first kappa shape index (κ1) is 10.7. The molecule has 0 saturated heterocycles. The van der Waals surface area contributed by atoms with Gasteiger partial charge in [-0.05, 0) is 30.4 Å². The Morgan fingerprint density at radius 2 is 2.13 bits per heavy atom. The Kier molecular flexibility index (Phi) is 3.12. The van der Waals surface area contributed by atoms with Crippen molar-refractivity contribution in [2.75, 3.05) is 6.26 Å². The number of rotatable bonds is 2. The van der Waals surface area contributed by atoms with Crippen LogP contribution in [0, 0.1) is 0 Å². The molecule has 0 radical (unpaired) electrons. The van der Waals surface area contributed by atoms with Crippen LogP contribution >= 0.6 is 23.4 Å². The van der Waals surface area contributed by atoms with Crippen LogP contribution < -0.4 is 0 Å². The van der Waals surface area contributed by atoms with E-state index in [2.05, 4.69) is 29.2 Å². The van der Waals surface area contributed by atoms with Crippen molar-refractivity contribution >= 4 is 34.3 Å². The molecule has 4 heteroatoms. The molecule has 15 heavy (non-hydrogen) atoms. The van der Waals surface area contributed by atoms with Crippen LogP contribution in [0.5, 0.6) is 0 Å². The SMILES string of the molecule is CCc1c(SC)ccc2ncnc(Cl)c12. The van der Waals surface area contributed by atoms with Gasteiger partial charge in [0.25, 0.3) is 0 Å². The van der Waals surface area contributed by atoms with E-state index in [4.69, 9.17) is 11.6 Å². The number of aryl methyl sites for hydroxylation is 1. The van der Waals surface area contributed by atoms with E-state index in [0.29, 0.717) is 5.15 Å². The topological polar surface area (TPSA) is 25.8 Å². The number of benzene rings is 1. The summed E-state index contributed by atoms with van der Waals surface area (Å²) in [6.45, 7) is 2.12. The lowest BCUT2D eigenvalue weighted by Crippen LogP contribution is -1.92. The van der Waals surface area contributed by atoms with E-state index < -0.39 is 0 Å². The van der Waals surface area contributed by atoms with Gasteiger partial charge >= 0.3 is 0 Å². The van der Waals surface area contributed by atoms with Gasteiger partial charge in [0, 0.05) is 10.3 Å². The van der Waals surface area contributed by atoms with Crippen LogP contribution in [0.4, 0.5) is 0 Å². The highest BCUT2D eigenvalue weighted by Gasteiger charge is 2.09. The quantitative estimate of drug-likeness (QED) is 0.591. The summed E-state index contributed by atoms with van der Waals surface area (Å²) in [5, 5.41) is 1.54. The Morgan fingerprint density at radius 1 is 1.33 bits per heavy atom. The molecule has 1 aromatic heterocycles. The smallest absolute Gasteiger partial charge is 0.140 e. The fourth-order valence-electron chi connectivity index (χ4n) is 1.70. The van der Waals surface area contributed by atoms with Crippen LogP contribution in [0.3, 0.4) is 0 Å². The Labute approximate surface area is 98.1 Å². The zero-order valence-electron chi connectivity index (χ0n) is 8.62. The highest BCUT2D eigenvalue weighted by Crippen LogP contribution is 2.31. The molecular formula is C11H11ClN2S. The Balaban J connectivity index is 2.85. The molecule has 0 amide bonds. The summed E-state index contributed by atoms with van der Waals surface area (Å²) in [6, 6.07) is 4.09. The third kappa shape index (κ3) is 1.82. The minimum Gasteiger partial charge on any atom is -0.236 e. The first-order chi connectivity index (χ1) is 7.27. The maximum atomic E-state index is 6.11. The molecule has 0 saturated carbocycles. The molecule has 0 aliphatic rings. The van der Waals surface area contributed by atoms with E-state index in [1.807, 2.05) is 6.07 Å². The average molecular weight is 239 g/mol. The maximum Gasteiger partial charge on any atom is 0.140 e. The van der Waals surface area contributed by atoms with Crippen LogP contribution in [0.15, 0.2) is 23.4 Å². The number of halogens is 1. The molecular weight excluding hydrogens is 228 g/mol. The Morgan fingerprint density at radius 3 is 2.80 bits per heavy atom. The lowest BCUT2D eigenvalue weighted by Gasteiger charge is -2.09. The number of nitrogens with zero attached hydrogens (tertiary/aromatic N) is 2. The highest BCUT2D eigenvalue weighted by molar-refractivity contribution is 7.98. The summed E-state index contributed by atoms with van der Waals surface area (Å²) in [4.78, 5) is 9.51. The number of hydrogen-bond acceptors (Lipinski definition) is 3. The first-order valence-corrected chi connectivity index (χ1v) is 6.34. The van der Waals surface area contributed by atoms with Crippen molar-refractivity contribution in [2.24, 2.45) is 0 Å². The largest absolute Gasteiger partial charge is 0.236 e. The Hall–Kier alpha value is -0.800. The van der Waals surface area contributed by atoms with Gasteiger partial charge in [-0.3, -0.25) is 0 Å². The lowest BCUT2D eigenvalue weighted by atomic mass is 10.1. The first-order valence-electron chi connectivity index (χ1n) is 4.74. The monoisotopic (exact) mass is 238 g/mol. The van der Waals surface area contributed by atoms with Crippen molar-refractivity contribution in [3.63, 3.8) is 0 Å². The van der Waals surface area contributed by atoms with Crippen molar-refractivity contribution in [2.45, 2.75) is 18.2 Å². The van der Waals surface area contributed by atoms with Gasteiger partial charge in [0.15, 0.2) is 0 Å². The van der Waals surface area contributed by atoms with Crippen LogP contribution in [-0.4, -0.2) is 16.2 Å². The number of thioether (sulfide) groups is 1. The van der Waals surface area contributed by atoms with E-state index in [0.717, 1.165) is 17.3 Å². The summed E-state index contributed by atoms with van der Waals surface area (Å²) in [5.41, 5.74) is 2.16. The van der Waals surface area contributed by atoms with E-state index in [-0.39, 0.29) is 0 Å². The van der Waals surface area contributed by atoms with Crippen LogP contribution in [0.2, 0.25) is 5.15 Å². The second kappa shape index (κ2) is 4.37. The molecule has 0 N–H and O–H groups in total. The fraction of sp³-hybridized carbons (Fsp3) is 0.273. The predicted octanol–water partition coefficient (Wildman–Crippen LogP) is 3.57. The summed E-state index contributed by atoms with van der Waals surface area (Å²) in [6.07, 6.45) is 4.52. The highest BCUT2D eigenvalue weighted by atomic mass is 35.5. The van der Waals surface area contributed by atoms with Gasteiger partial charge in [-0.2, -0.15) is 0 Å². The third-order valence-electron chi connectivity index (χ3n) is 2.40. The van der Waals surface area contributed by atoms with E-state index in [1.165, 1.54) is 16.8 Å². The second-order valence-electron chi connectivity index (χ2n) is 3.16. The zero-order chi connectivity index (χ0) is 10.8. The minimum atomic E-state index is 0.549. The molecule has 1 heterocycles. The third-order valence-corrected chi connectivity index (χ3v) is 3.50. The summed E-state index contributed by atoms with van der Waals surface area (Å²) < 4.78 is 0. The van der Waals surface area contributed by atoms with Gasteiger partial charge in [0.1, 0.15) is 11.5 Å². The molecule has 0 unspecified atom stereocenters. The van der Waals surface area contributed by atoms with Gasteiger partial charge in [0.2, 0.25) is 0 Å². The Bertz CT molecular complexity index is 499. The fourth-order valence-corrected chi connectivity index (χ4v) is 2.65. The molecule has 0 fully saturated rings. The predicted molar refractivity (Wildman–Crippen MR) is 65.7 cm³/mol. The van der Waals surface area contributed by atoms with Crippen molar-refractivity contribution in [3.05, 3.63) is 29.2 Å². The van der Waals surface area contributed by atoms with Crippen molar-refractivity contribution in [1.29, 1.82) is 0 Å². The minimum absolute atomic E-state index is 0.549. The number of hydrogen-bond donors (Lipinski definition) is 0. The van der Waals surface area contributed by atoms with Crippen LogP contribution in [0.25, 0.3) is 10.9 Å². The summed E-state index contributed by atoms with van der Waals surface area (Å²) in [7, 11) is 0. The van der Waals surface area contributed by atoms with Crippen molar-refractivity contribution in [3.8, 4) is 0 Å². The van der Waals surface area contributed by atoms with Gasteiger partial charge in [-0.1, -0.05) is 18.5 Å². The molecule has 78 valence electrons. The molecule has 2 nitrogen and oxygen atoms in total. The van der Waals surface area contributed by atoms with E-state index in [9.17, 15) is 0 Å². The normalized spacial score (nSPS) is 10.9. The molecule has 0 bridgehead atoms. The lowest BCUT2D eigenvalue weighted by molar-refractivity contribution is 1.09. The van der Waals surface area contributed by atoms with Crippen molar-refractivity contribution < 1.29 is 0 Å². The van der Waals surface area contributed by atoms with Gasteiger partial charge in [-0.15, -0.1) is 11.8 Å². The zero-order valence-corrected chi connectivity index (χ0v) is 10.2. The summed E-state index contributed by atoms with van der Waals surface area (Å²) >= 11 is 7.84. The summed E-state index contributed by atoms with van der Waals surface area (Å²) in [5.74, 6) is 0. The van der Waals surface area contributed by atoms with Crippen LogP contribution in [0.1, 0.15) is 12.5 Å². The second-order valence-corrected chi connectivity index (χ2v) is 4.36. The maximum absolute atomic E-state index is 6.11. The molecule has 0 aliphatic heterocycles. The average Bonchev–Trinajstić information content (AvgIpc) is 2.28. The van der Waals surface area contributed by atoms with Gasteiger partial charge in [-0.25, -0.2) is 9.97 Å². The van der Waals surface area contributed by atoms with E-state index >= 15 is 0 Å². The number of fused-ring (bicyclic) bond motifs is 1. The van der Waals surface area contributed by atoms with Gasteiger partial charge in [0.05, 0.1) is 5.52 Å². The van der Waals surface area contributed by atoms with Crippen LogP contribution in [-0.2, 0) is 6.42 Å².